The first-order valence-corrected chi connectivity index (χ1v) is 9.13. The molecule has 0 N–H and O–H groups in total. The average molecular weight is 230 g/mol. The van der Waals surface area contributed by atoms with E-state index < -0.39 is 8.07 Å². The Morgan fingerprint density at radius 2 is 1.94 bits per heavy atom. The normalized spacial score (nSPS) is 23.2. The van der Waals surface area contributed by atoms with Gasteiger partial charge in [0.1, 0.15) is 8.07 Å². The lowest BCUT2D eigenvalue weighted by Crippen LogP contribution is -2.38. The molecule has 16 heavy (non-hydrogen) atoms. The Morgan fingerprint density at radius 3 is 2.38 bits per heavy atom. The maximum atomic E-state index is 2.50. The molecular formula is C15H22Si. The first-order chi connectivity index (χ1) is 7.36. The minimum absolute atomic E-state index is 0.269. The van der Waals surface area contributed by atoms with Crippen LogP contribution in [0.15, 0.2) is 46.3 Å². The molecule has 0 atom stereocenters. The summed E-state index contributed by atoms with van der Waals surface area (Å²) in [5, 5.41) is 3.40. The van der Waals surface area contributed by atoms with Crippen LogP contribution in [-0.2, 0) is 0 Å². The summed E-state index contributed by atoms with van der Waals surface area (Å²) >= 11 is 0. The largest absolute Gasteiger partial charge is 0.104 e. The SMILES string of the molecule is CC1=C([Si](C)(C)C2=CC=CC2(C)C)CC=C1. The van der Waals surface area contributed by atoms with Crippen molar-refractivity contribution in [1.82, 2.24) is 0 Å². The Kier molecular flexibility index (Phi) is 2.62. The Bertz CT molecular complexity index is 428. The van der Waals surface area contributed by atoms with Gasteiger partial charge in [0.2, 0.25) is 0 Å². The summed E-state index contributed by atoms with van der Waals surface area (Å²) in [6, 6.07) is 0. The molecule has 0 nitrogen and oxygen atoms in total. The maximum absolute atomic E-state index is 2.50. The van der Waals surface area contributed by atoms with Crippen molar-refractivity contribution in [3.05, 3.63) is 46.3 Å². The maximum Gasteiger partial charge on any atom is 0.104 e. The van der Waals surface area contributed by atoms with Crippen molar-refractivity contribution in [2.75, 3.05) is 0 Å². The smallest absolute Gasteiger partial charge is 0.0806 e. The predicted octanol–water partition coefficient (Wildman–Crippen LogP) is 4.57. The van der Waals surface area contributed by atoms with Crippen LogP contribution in [0.1, 0.15) is 27.2 Å². The van der Waals surface area contributed by atoms with Crippen molar-refractivity contribution in [1.29, 1.82) is 0 Å². The lowest BCUT2D eigenvalue weighted by atomic mass is 9.96. The second-order valence-electron chi connectivity index (χ2n) is 6.05. The van der Waals surface area contributed by atoms with Gasteiger partial charge in [-0.3, -0.25) is 0 Å². The van der Waals surface area contributed by atoms with Crippen molar-refractivity contribution in [2.24, 2.45) is 5.41 Å². The van der Waals surface area contributed by atoms with Crippen molar-refractivity contribution in [2.45, 2.75) is 40.3 Å². The summed E-state index contributed by atoms with van der Waals surface area (Å²) in [6.07, 6.45) is 12.7. The molecule has 2 rings (SSSR count). The first kappa shape index (κ1) is 11.7. The lowest BCUT2D eigenvalue weighted by Gasteiger charge is -2.35. The van der Waals surface area contributed by atoms with Crippen molar-refractivity contribution in [3.8, 4) is 0 Å². The van der Waals surface area contributed by atoms with E-state index in [4.69, 9.17) is 0 Å². The lowest BCUT2D eigenvalue weighted by molar-refractivity contribution is 0.615. The molecule has 1 heteroatoms. The number of hydrogen-bond acceptors (Lipinski definition) is 0. The van der Waals surface area contributed by atoms with Crippen LogP contribution in [0.2, 0.25) is 13.1 Å². The third-order valence-corrected chi connectivity index (χ3v) is 8.33. The highest BCUT2D eigenvalue weighted by Crippen LogP contribution is 2.43. The third-order valence-electron chi connectivity index (χ3n) is 4.06. The van der Waals surface area contributed by atoms with Gasteiger partial charge in [-0.1, -0.05) is 73.3 Å². The van der Waals surface area contributed by atoms with Gasteiger partial charge >= 0.3 is 0 Å². The summed E-state index contributed by atoms with van der Waals surface area (Å²) in [5.74, 6) is 0. The Balaban J connectivity index is 2.38. The van der Waals surface area contributed by atoms with Gasteiger partial charge in [0.25, 0.3) is 0 Å². The van der Waals surface area contributed by atoms with Crippen LogP contribution in [0.4, 0.5) is 0 Å². The van der Waals surface area contributed by atoms with Crippen molar-refractivity contribution < 1.29 is 0 Å². The predicted molar refractivity (Wildman–Crippen MR) is 74.9 cm³/mol. The third kappa shape index (κ3) is 1.67. The molecule has 2 aliphatic rings. The summed E-state index contributed by atoms with van der Waals surface area (Å²) in [6.45, 7) is 12.0. The van der Waals surface area contributed by atoms with Crippen molar-refractivity contribution in [3.63, 3.8) is 0 Å². The van der Waals surface area contributed by atoms with Crippen molar-refractivity contribution >= 4 is 8.07 Å². The molecule has 0 heterocycles. The highest BCUT2D eigenvalue weighted by atomic mass is 28.3. The van der Waals surface area contributed by atoms with Crippen LogP contribution in [0.5, 0.6) is 0 Å². The van der Waals surface area contributed by atoms with Gasteiger partial charge in [-0.15, -0.1) is 0 Å². The minimum Gasteiger partial charge on any atom is -0.0806 e. The average Bonchev–Trinajstić information content (AvgIpc) is 2.71. The second kappa shape index (κ2) is 3.59. The molecule has 0 saturated carbocycles. The van der Waals surface area contributed by atoms with E-state index in [0.29, 0.717) is 0 Å². The van der Waals surface area contributed by atoms with Gasteiger partial charge < -0.3 is 0 Å². The zero-order valence-electron chi connectivity index (χ0n) is 11.1. The quantitative estimate of drug-likeness (QED) is 0.610. The number of allylic oxidation sites excluding steroid dienone is 8. The second-order valence-corrected chi connectivity index (χ2v) is 10.4. The van der Waals surface area contributed by atoms with E-state index in [2.05, 4.69) is 64.2 Å². The highest BCUT2D eigenvalue weighted by Gasteiger charge is 2.39. The minimum atomic E-state index is -1.42. The van der Waals surface area contributed by atoms with Crippen LogP contribution < -0.4 is 0 Å². The van der Waals surface area contributed by atoms with Gasteiger partial charge in [0.05, 0.1) is 0 Å². The van der Waals surface area contributed by atoms with E-state index in [1.807, 2.05) is 0 Å². The molecule has 0 aromatic carbocycles. The van der Waals surface area contributed by atoms with E-state index in [1.165, 1.54) is 12.0 Å². The topological polar surface area (TPSA) is 0 Å². The van der Waals surface area contributed by atoms with Gasteiger partial charge in [0.15, 0.2) is 0 Å². The molecule has 0 fully saturated rings. The van der Waals surface area contributed by atoms with Gasteiger partial charge in [-0.2, -0.15) is 0 Å². The standard InChI is InChI=1S/C15H22Si/c1-12-8-6-9-13(12)16(4,5)14-10-7-11-15(14,2)3/h6-8,10-11H,9H2,1-5H3. The number of rotatable bonds is 2. The van der Waals surface area contributed by atoms with Crippen LogP contribution in [0.25, 0.3) is 0 Å². The Morgan fingerprint density at radius 1 is 1.25 bits per heavy atom. The fraction of sp³-hybridized carbons (Fsp3) is 0.467. The Hall–Kier alpha value is -0.823. The zero-order chi connectivity index (χ0) is 12.0. The molecule has 0 saturated heterocycles. The van der Waals surface area contributed by atoms with E-state index in [9.17, 15) is 0 Å². The molecule has 2 aliphatic carbocycles. The fourth-order valence-corrected chi connectivity index (χ4v) is 7.46. The molecule has 0 radical (unpaired) electrons. The molecule has 0 aliphatic heterocycles. The van der Waals surface area contributed by atoms with Gasteiger partial charge in [-0.05, 0) is 13.3 Å². The first-order valence-electron chi connectivity index (χ1n) is 6.13. The molecule has 0 aromatic rings. The van der Waals surface area contributed by atoms with Gasteiger partial charge in [-0.25, -0.2) is 0 Å². The summed E-state index contributed by atoms with van der Waals surface area (Å²) in [4.78, 5) is 0. The van der Waals surface area contributed by atoms with Crippen LogP contribution in [-0.4, -0.2) is 8.07 Å². The van der Waals surface area contributed by atoms with E-state index >= 15 is 0 Å². The van der Waals surface area contributed by atoms with Crippen LogP contribution in [0, 0.1) is 5.41 Å². The van der Waals surface area contributed by atoms with Crippen LogP contribution >= 0.6 is 0 Å². The molecule has 0 spiro atoms. The van der Waals surface area contributed by atoms with E-state index in [-0.39, 0.29) is 5.41 Å². The van der Waals surface area contributed by atoms with E-state index in [0.717, 1.165) is 0 Å². The summed E-state index contributed by atoms with van der Waals surface area (Å²) in [5.41, 5.74) is 1.78. The molecule has 0 aromatic heterocycles. The Labute approximate surface area is 100 Å². The molecule has 86 valence electrons. The monoisotopic (exact) mass is 230 g/mol. The van der Waals surface area contributed by atoms with Gasteiger partial charge in [0, 0.05) is 5.41 Å². The number of hydrogen-bond donors (Lipinski definition) is 0. The molecule has 0 amide bonds. The molecule has 0 bridgehead atoms. The fourth-order valence-electron chi connectivity index (χ4n) is 3.23. The van der Waals surface area contributed by atoms with Crippen LogP contribution in [0.3, 0.4) is 0 Å². The highest BCUT2D eigenvalue weighted by molar-refractivity contribution is 6.91. The zero-order valence-corrected chi connectivity index (χ0v) is 12.1. The molecule has 0 unspecified atom stereocenters. The molecular weight excluding hydrogens is 208 g/mol. The van der Waals surface area contributed by atoms with E-state index in [1.54, 1.807) is 10.4 Å². The summed E-state index contributed by atoms with van der Waals surface area (Å²) < 4.78 is 0. The summed E-state index contributed by atoms with van der Waals surface area (Å²) in [7, 11) is -1.42.